The van der Waals surface area contributed by atoms with Gasteiger partial charge in [-0.1, -0.05) is 0 Å². The fourth-order valence-electron chi connectivity index (χ4n) is 2.67. The monoisotopic (exact) mass is 416 g/mol. The van der Waals surface area contributed by atoms with Gasteiger partial charge in [-0.05, 0) is 55.1 Å². The molecule has 2 aromatic carbocycles. The van der Waals surface area contributed by atoms with E-state index in [-0.39, 0.29) is 11.9 Å². The second-order valence-corrected chi connectivity index (χ2v) is 7.42. The zero-order chi connectivity index (χ0) is 21.2. The van der Waals surface area contributed by atoms with Crippen molar-refractivity contribution in [1.82, 2.24) is 5.32 Å². The Morgan fingerprint density at radius 1 is 1.03 bits per heavy atom. The molecule has 3 N–H and O–H groups in total. The second-order valence-electron chi connectivity index (χ2n) is 6.54. The van der Waals surface area contributed by atoms with Gasteiger partial charge in [0.15, 0.2) is 0 Å². The molecule has 2 aromatic rings. The Morgan fingerprint density at radius 2 is 1.69 bits per heavy atom. The summed E-state index contributed by atoms with van der Waals surface area (Å²) in [5, 5.41) is 8.46. The van der Waals surface area contributed by atoms with Gasteiger partial charge >= 0.3 is 6.03 Å². The number of hydrogen-bond acceptors (Lipinski definition) is 5. The van der Waals surface area contributed by atoms with Gasteiger partial charge in [0.1, 0.15) is 0 Å². The first-order valence-electron chi connectivity index (χ1n) is 9.25. The normalized spacial score (nSPS) is 10.3. The SMILES string of the molecule is COCCCNC(=O)c1cc(NC(=O)Nc2ccc(SC)cc2)ccc1N(C)C. The van der Waals surface area contributed by atoms with Crippen molar-refractivity contribution < 1.29 is 14.3 Å². The maximum absolute atomic E-state index is 12.6. The fourth-order valence-corrected chi connectivity index (χ4v) is 3.08. The van der Waals surface area contributed by atoms with Crippen LogP contribution in [0.4, 0.5) is 21.9 Å². The molecule has 0 fully saturated rings. The van der Waals surface area contributed by atoms with Crippen LogP contribution in [0.25, 0.3) is 0 Å². The number of thioether (sulfide) groups is 1. The highest BCUT2D eigenvalue weighted by atomic mass is 32.2. The van der Waals surface area contributed by atoms with Gasteiger partial charge in [-0.15, -0.1) is 11.8 Å². The van der Waals surface area contributed by atoms with E-state index in [1.807, 2.05) is 55.6 Å². The van der Waals surface area contributed by atoms with E-state index < -0.39 is 0 Å². The van der Waals surface area contributed by atoms with Gasteiger partial charge in [-0.3, -0.25) is 4.79 Å². The lowest BCUT2D eigenvalue weighted by Crippen LogP contribution is -2.27. The molecular weight excluding hydrogens is 388 g/mol. The molecular formula is C21H28N4O3S. The molecule has 0 radical (unpaired) electrons. The molecule has 0 saturated carbocycles. The summed E-state index contributed by atoms with van der Waals surface area (Å²) in [6.07, 6.45) is 2.73. The molecule has 0 atom stereocenters. The second kappa shape index (κ2) is 11.3. The highest BCUT2D eigenvalue weighted by molar-refractivity contribution is 7.98. The molecule has 0 aliphatic heterocycles. The van der Waals surface area contributed by atoms with Gasteiger partial charge in [0, 0.05) is 56.3 Å². The first kappa shape index (κ1) is 22.6. The summed E-state index contributed by atoms with van der Waals surface area (Å²) in [5.74, 6) is -0.193. The van der Waals surface area contributed by atoms with Gasteiger partial charge in [-0.2, -0.15) is 0 Å². The van der Waals surface area contributed by atoms with Crippen LogP contribution in [-0.4, -0.2) is 52.6 Å². The summed E-state index contributed by atoms with van der Waals surface area (Å²) in [6, 6.07) is 12.5. The van der Waals surface area contributed by atoms with E-state index in [4.69, 9.17) is 4.74 Å². The van der Waals surface area contributed by atoms with Gasteiger partial charge < -0.3 is 25.6 Å². The van der Waals surface area contributed by atoms with Crippen molar-refractivity contribution in [2.24, 2.45) is 0 Å². The minimum Gasteiger partial charge on any atom is -0.385 e. The number of nitrogens with one attached hydrogen (secondary N) is 3. The van der Waals surface area contributed by atoms with Crippen molar-refractivity contribution in [3.8, 4) is 0 Å². The molecule has 0 bridgehead atoms. The lowest BCUT2D eigenvalue weighted by Gasteiger charge is -2.18. The van der Waals surface area contributed by atoms with Gasteiger partial charge in [0.25, 0.3) is 5.91 Å². The molecule has 0 aliphatic carbocycles. The van der Waals surface area contributed by atoms with Crippen LogP contribution < -0.4 is 20.9 Å². The first-order valence-corrected chi connectivity index (χ1v) is 10.5. The summed E-state index contributed by atoms with van der Waals surface area (Å²) in [4.78, 5) is 27.9. The third-order valence-corrected chi connectivity index (χ3v) is 4.88. The van der Waals surface area contributed by atoms with E-state index in [0.717, 1.165) is 17.0 Å². The summed E-state index contributed by atoms with van der Waals surface area (Å²) >= 11 is 1.64. The fraction of sp³-hybridized carbons (Fsp3) is 0.333. The van der Waals surface area contributed by atoms with Crippen molar-refractivity contribution in [2.75, 3.05) is 56.1 Å². The quantitative estimate of drug-likeness (QED) is 0.427. The standard InChI is InChI=1S/C21H28N4O3S/c1-25(2)19-11-8-16(14-18(19)20(26)22-12-5-13-28-3)24-21(27)23-15-6-9-17(29-4)10-7-15/h6-11,14H,5,12-13H2,1-4H3,(H,22,26)(H2,23,24,27). The topological polar surface area (TPSA) is 82.7 Å². The summed E-state index contributed by atoms with van der Waals surface area (Å²) in [6.45, 7) is 1.10. The molecule has 0 aliphatic rings. The van der Waals surface area contributed by atoms with E-state index in [1.54, 1.807) is 31.0 Å². The summed E-state index contributed by atoms with van der Waals surface area (Å²) in [7, 11) is 5.37. The van der Waals surface area contributed by atoms with Gasteiger partial charge in [-0.25, -0.2) is 4.79 Å². The summed E-state index contributed by atoms with van der Waals surface area (Å²) < 4.78 is 5.00. The molecule has 7 nitrogen and oxygen atoms in total. The van der Waals surface area contributed by atoms with Crippen molar-refractivity contribution >= 4 is 40.8 Å². The Bertz CT molecular complexity index is 825. The number of benzene rings is 2. The highest BCUT2D eigenvalue weighted by Crippen LogP contribution is 2.23. The molecule has 0 saturated heterocycles. The van der Waals surface area contributed by atoms with E-state index in [0.29, 0.717) is 30.1 Å². The number of carbonyl (C=O) groups excluding carboxylic acids is 2. The Balaban J connectivity index is 2.07. The number of amides is 3. The molecule has 29 heavy (non-hydrogen) atoms. The zero-order valence-corrected chi connectivity index (χ0v) is 18.1. The van der Waals surface area contributed by atoms with Crippen molar-refractivity contribution in [3.05, 3.63) is 48.0 Å². The van der Waals surface area contributed by atoms with E-state index in [1.165, 1.54) is 0 Å². The highest BCUT2D eigenvalue weighted by Gasteiger charge is 2.14. The molecule has 156 valence electrons. The van der Waals surface area contributed by atoms with E-state index in [9.17, 15) is 9.59 Å². The molecule has 0 spiro atoms. The van der Waals surface area contributed by atoms with Crippen LogP contribution in [0.3, 0.4) is 0 Å². The minimum absolute atomic E-state index is 0.193. The maximum atomic E-state index is 12.6. The third-order valence-electron chi connectivity index (χ3n) is 4.14. The molecule has 0 unspecified atom stereocenters. The first-order chi connectivity index (χ1) is 13.9. The average molecular weight is 417 g/mol. The van der Waals surface area contributed by atoms with E-state index in [2.05, 4.69) is 16.0 Å². The lowest BCUT2D eigenvalue weighted by molar-refractivity contribution is 0.0949. The number of ether oxygens (including phenoxy) is 1. The number of methoxy groups -OCH3 is 1. The van der Waals surface area contributed by atoms with Crippen LogP contribution in [0, 0.1) is 0 Å². The Hall–Kier alpha value is -2.71. The molecule has 3 amide bonds. The van der Waals surface area contributed by atoms with Crippen LogP contribution in [0.1, 0.15) is 16.8 Å². The van der Waals surface area contributed by atoms with Gasteiger partial charge in [0.2, 0.25) is 0 Å². The van der Waals surface area contributed by atoms with Crippen LogP contribution in [0.5, 0.6) is 0 Å². The molecule has 8 heteroatoms. The number of carbonyl (C=O) groups is 2. The van der Waals surface area contributed by atoms with Crippen LogP contribution >= 0.6 is 11.8 Å². The smallest absolute Gasteiger partial charge is 0.323 e. The Morgan fingerprint density at radius 3 is 2.31 bits per heavy atom. The predicted octanol–water partition coefficient (Wildman–Crippen LogP) is 3.88. The molecule has 0 aromatic heterocycles. The number of anilines is 3. The molecule has 0 heterocycles. The van der Waals surface area contributed by atoms with Crippen molar-refractivity contribution in [2.45, 2.75) is 11.3 Å². The minimum atomic E-state index is -0.369. The Kier molecular flexibility index (Phi) is 8.82. The largest absolute Gasteiger partial charge is 0.385 e. The van der Waals surface area contributed by atoms with E-state index >= 15 is 0 Å². The number of rotatable bonds is 9. The number of nitrogens with zero attached hydrogens (tertiary/aromatic N) is 1. The number of urea groups is 1. The molecule has 2 rings (SSSR count). The predicted molar refractivity (Wildman–Crippen MR) is 120 cm³/mol. The van der Waals surface area contributed by atoms with Crippen molar-refractivity contribution in [1.29, 1.82) is 0 Å². The average Bonchev–Trinajstić information content (AvgIpc) is 2.71. The van der Waals surface area contributed by atoms with Gasteiger partial charge in [0.05, 0.1) is 5.56 Å². The zero-order valence-electron chi connectivity index (χ0n) is 17.2. The van der Waals surface area contributed by atoms with Crippen LogP contribution in [0.2, 0.25) is 0 Å². The summed E-state index contributed by atoms with van der Waals surface area (Å²) in [5.41, 5.74) is 2.50. The Labute approximate surface area is 176 Å². The lowest BCUT2D eigenvalue weighted by atomic mass is 10.1. The van der Waals surface area contributed by atoms with Crippen molar-refractivity contribution in [3.63, 3.8) is 0 Å². The van der Waals surface area contributed by atoms with Crippen LogP contribution in [0.15, 0.2) is 47.4 Å². The van der Waals surface area contributed by atoms with Crippen LogP contribution in [-0.2, 0) is 4.74 Å². The maximum Gasteiger partial charge on any atom is 0.323 e. The number of hydrogen-bond donors (Lipinski definition) is 3. The third kappa shape index (κ3) is 6.99.